The van der Waals surface area contributed by atoms with Crippen molar-refractivity contribution in [3.05, 3.63) is 65.7 Å². The Bertz CT molecular complexity index is 760. The van der Waals surface area contributed by atoms with Crippen LogP contribution in [0.25, 0.3) is 0 Å². The normalized spacial score (nSPS) is 12.7. The fraction of sp³-hybridized carbons (Fsp3) is 0.333. The van der Waals surface area contributed by atoms with Crippen LogP contribution in [0.2, 0.25) is 0 Å². The Morgan fingerprint density at radius 1 is 1.00 bits per heavy atom. The van der Waals surface area contributed by atoms with Crippen molar-refractivity contribution in [2.45, 2.75) is 31.9 Å². The van der Waals surface area contributed by atoms with E-state index in [2.05, 4.69) is 10.6 Å². The summed E-state index contributed by atoms with van der Waals surface area (Å²) in [5, 5.41) is 15.5. The third-order valence-electron chi connectivity index (χ3n) is 4.26. The fourth-order valence-electron chi connectivity index (χ4n) is 2.60. The van der Waals surface area contributed by atoms with Crippen LogP contribution < -0.4 is 15.4 Å². The van der Waals surface area contributed by atoms with E-state index in [1.165, 1.54) is 0 Å². The molecule has 27 heavy (non-hydrogen) atoms. The molecule has 0 heterocycles. The van der Waals surface area contributed by atoms with Gasteiger partial charge in [0.05, 0.1) is 12.7 Å². The van der Waals surface area contributed by atoms with Gasteiger partial charge in [-0.1, -0.05) is 48.5 Å². The fourth-order valence-corrected chi connectivity index (χ4v) is 2.60. The maximum atomic E-state index is 12.0. The number of methoxy groups -OCH3 is 1. The van der Waals surface area contributed by atoms with Gasteiger partial charge in [-0.05, 0) is 31.4 Å². The molecule has 0 aliphatic heterocycles. The van der Waals surface area contributed by atoms with Crippen molar-refractivity contribution in [3.63, 3.8) is 0 Å². The predicted molar refractivity (Wildman–Crippen MR) is 103 cm³/mol. The molecule has 6 heteroatoms. The molecule has 0 aliphatic rings. The van der Waals surface area contributed by atoms with E-state index in [1.54, 1.807) is 20.1 Å². The van der Waals surface area contributed by atoms with E-state index in [-0.39, 0.29) is 13.1 Å². The number of amides is 2. The van der Waals surface area contributed by atoms with Gasteiger partial charge in [0.2, 0.25) is 0 Å². The number of benzene rings is 2. The average molecular weight is 370 g/mol. The van der Waals surface area contributed by atoms with Crippen LogP contribution in [-0.4, -0.2) is 36.2 Å². The van der Waals surface area contributed by atoms with Crippen molar-refractivity contribution in [1.82, 2.24) is 10.6 Å². The molecule has 2 rings (SSSR count). The molecule has 0 spiro atoms. The number of hydrogen-bond donors (Lipinski definition) is 3. The molecule has 2 amide bonds. The maximum absolute atomic E-state index is 12.0. The number of aryl methyl sites for hydroxylation is 1. The van der Waals surface area contributed by atoms with Crippen LogP contribution in [0, 0.1) is 0 Å². The Labute approximate surface area is 159 Å². The summed E-state index contributed by atoms with van der Waals surface area (Å²) >= 11 is 0. The van der Waals surface area contributed by atoms with E-state index in [9.17, 15) is 14.7 Å². The van der Waals surface area contributed by atoms with Gasteiger partial charge in [0, 0.05) is 18.7 Å². The maximum Gasteiger partial charge on any atom is 0.309 e. The molecular weight excluding hydrogens is 344 g/mol. The van der Waals surface area contributed by atoms with E-state index in [1.807, 2.05) is 48.5 Å². The van der Waals surface area contributed by atoms with Crippen LogP contribution >= 0.6 is 0 Å². The Morgan fingerprint density at radius 2 is 1.63 bits per heavy atom. The van der Waals surface area contributed by atoms with E-state index in [0.29, 0.717) is 18.6 Å². The minimum absolute atomic E-state index is 0.000739. The van der Waals surface area contributed by atoms with Gasteiger partial charge >= 0.3 is 11.8 Å². The van der Waals surface area contributed by atoms with Crippen LogP contribution in [0.1, 0.15) is 24.5 Å². The zero-order chi connectivity index (χ0) is 19.7. The molecule has 0 bridgehead atoms. The number of nitrogens with one attached hydrogen (secondary N) is 2. The molecule has 144 valence electrons. The SMILES string of the molecule is COc1ccccc1CNC(=O)C(=O)NC[C@@](C)(O)CCc1ccccc1. The molecule has 0 fully saturated rings. The molecule has 1 atom stereocenters. The molecule has 0 saturated carbocycles. The third kappa shape index (κ3) is 6.75. The van der Waals surface area contributed by atoms with E-state index in [0.717, 1.165) is 11.1 Å². The lowest BCUT2D eigenvalue weighted by Crippen LogP contribution is -2.46. The Balaban J connectivity index is 1.77. The van der Waals surface area contributed by atoms with Crippen molar-refractivity contribution < 1.29 is 19.4 Å². The highest BCUT2D eigenvalue weighted by Gasteiger charge is 2.23. The Kier molecular flexibility index (Phi) is 7.37. The lowest BCUT2D eigenvalue weighted by molar-refractivity contribution is -0.139. The monoisotopic (exact) mass is 370 g/mol. The van der Waals surface area contributed by atoms with Gasteiger partial charge in [-0.3, -0.25) is 9.59 Å². The second-order valence-corrected chi connectivity index (χ2v) is 6.66. The Morgan fingerprint density at radius 3 is 2.33 bits per heavy atom. The van der Waals surface area contributed by atoms with Gasteiger partial charge in [-0.25, -0.2) is 0 Å². The van der Waals surface area contributed by atoms with Crippen LogP contribution in [0.5, 0.6) is 5.75 Å². The summed E-state index contributed by atoms with van der Waals surface area (Å²) < 4.78 is 5.21. The number of carbonyl (C=O) groups is 2. The number of rotatable bonds is 8. The Hall–Kier alpha value is -2.86. The molecule has 2 aromatic rings. The zero-order valence-electron chi connectivity index (χ0n) is 15.7. The molecule has 0 radical (unpaired) electrons. The minimum Gasteiger partial charge on any atom is -0.496 e. The average Bonchev–Trinajstić information content (AvgIpc) is 2.69. The highest BCUT2D eigenvalue weighted by Crippen LogP contribution is 2.16. The molecule has 0 aromatic heterocycles. The zero-order valence-corrected chi connectivity index (χ0v) is 15.7. The first-order valence-corrected chi connectivity index (χ1v) is 8.85. The summed E-state index contributed by atoms with van der Waals surface area (Å²) in [7, 11) is 1.55. The van der Waals surface area contributed by atoms with Crippen molar-refractivity contribution in [2.75, 3.05) is 13.7 Å². The number of hydrogen-bond acceptors (Lipinski definition) is 4. The van der Waals surface area contributed by atoms with Gasteiger partial charge in [-0.2, -0.15) is 0 Å². The third-order valence-corrected chi connectivity index (χ3v) is 4.26. The first-order valence-electron chi connectivity index (χ1n) is 8.85. The van der Waals surface area contributed by atoms with Crippen molar-refractivity contribution in [1.29, 1.82) is 0 Å². The standard InChI is InChI=1S/C21H26N2O4/c1-21(26,13-12-16-8-4-3-5-9-16)15-23-20(25)19(24)22-14-17-10-6-7-11-18(17)27-2/h3-11,26H,12-15H2,1-2H3,(H,22,24)(H,23,25)/t21-/m0/s1. The number of para-hydroxylation sites is 1. The smallest absolute Gasteiger partial charge is 0.309 e. The van der Waals surface area contributed by atoms with Crippen LogP contribution in [0.15, 0.2) is 54.6 Å². The molecule has 3 N–H and O–H groups in total. The first-order chi connectivity index (χ1) is 12.9. The first kappa shape index (κ1) is 20.5. The topological polar surface area (TPSA) is 87.7 Å². The van der Waals surface area contributed by atoms with Crippen molar-refractivity contribution in [3.8, 4) is 5.75 Å². The lowest BCUT2D eigenvalue weighted by Gasteiger charge is -2.23. The van der Waals surface area contributed by atoms with Crippen molar-refractivity contribution >= 4 is 11.8 Å². The number of ether oxygens (including phenoxy) is 1. The molecule has 0 unspecified atom stereocenters. The molecule has 6 nitrogen and oxygen atoms in total. The van der Waals surface area contributed by atoms with Crippen molar-refractivity contribution in [2.24, 2.45) is 0 Å². The van der Waals surface area contributed by atoms with Crippen LogP contribution in [0.4, 0.5) is 0 Å². The largest absolute Gasteiger partial charge is 0.496 e. The summed E-state index contributed by atoms with van der Waals surface area (Å²) in [5.41, 5.74) is 0.781. The second-order valence-electron chi connectivity index (χ2n) is 6.66. The predicted octanol–water partition coefficient (Wildman–Crippen LogP) is 1.81. The van der Waals surface area contributed by atoms with Gasteiger partial charge in [0.15, 0.2) is 0 Å². The number of aliphatic hydroxyl groups is 1. The van der Waals surface area contributed by atoms with Gasteiger partial charge < -0.3 is 20.5 Å². The van der Waals surface area contributed by atoms with Crippen LogP contribution in [0.3, 0.4) is 0 Å². The van der Waals surface area contributed by atoms with E-state index in [4.69, 9.17) is 4.74 Å². The summed E-state index contributed by atoms with van der Waals surface area (Å²) in [6.45, 7) is 1.82. The van der Waals surface area contributed by atoms with Gasteiger partial charge in [0.1, 0.15) is 5.75 Å². The summed E-state index contributed by atoms with van der Waals surface area (Å²) in [6.07, 6.45) is 1.16. The quantitative estimate of drug-likeness (QED) is 0.619. The minimum atomic E-state index is -1.10. The van der Waals surface area contributed by atoms with Crippen LogP contribution in [-0.2, 0) is 22.6 Å². The highest BCUT2D eigenvalue weighted by atomic mass is 16.5. The molecule has 0 saturated heterocycles. The summed E-state index contributed by atoms with van der Waals surface area (Å²) in [4.78, 5) is 23.9. The van der Waals surface area contributed by atoms with Gasteiger partial charge in [-0.15, -0.1) is 0 Å². The molecule has 0 aliphatic carbocycles. The van der Waals surface area contributed by atoms with E-state index >= 15 is 0 Å². The summed E-state index contributed by atoms with van der Waals surface area (Å²) in [5.74, 6) is -0.883. The molecular formula is C21H26N2O4. The van der Waals surface area contributed by atoms with Gasteiger partial charge in [0.25, 0.3) is 0 Å². The number of carbonyl (C=O) groups excluding carboxylic acids is 2. The second kappa shape index (κ2) is 9.73. The highest BCUT2D eigenvalue weighted by molar-refractivity contribution is 6.35. The lowest BCUT2D eigenvalue weighted by atomic mass is 9.97. The van der Waals surface area contributed by atoms with E-state index < -0.39 is 17.4 Å². The molecule has 2 aromatic carbocycles. The summed E-state index contributed by atoms with van der Waals surface area (Å²) in [6, 6.07) is 17.0.